The molecule has 61 heavy (non-hydrogen) atoms. The summed E-state index contributed by atoms with van der Waals surface area (Å²) < 4.78 is 0. The maximum atomic E-state index is 11.3. The minimum absolute atomic E-state index is 0.0492. The van der Waals surface area contributed by atoms with Crippen LogP contribution in [0.1, 0.15) is 73.1 Å². The molecule has 0 aromatic rings. The zero-order chi connectivity index (χ0) is 45.9. The quantitative estimate of drug-likeness (QED) is 0.249. The van der Waals surface area contributed by atoms with E-state index in [1.165, 1.54) is 23.2 Å². The van der Waals surface area contributed by atoms with Gasteiger partial charge in [-0.1, -0.05) is 26.2 Å². The molecule has 4 amide bonds. The highest BCUT2D eigenvalue weighted by Crippen LogP contribution is 2.30. The van der Waals surface area contributed by atoms with Gasteiger partial charge in [-0.05, 0) is 58.1 Å². The number of likely N-dealkylation sites (tertiary alicyclic amines) is 2. The van der Waals surface area contributed by atoms with E-state index in [9.17, 15) is 19.2 Å². The second-order valence-corrected chi connectivity index (χ2v) is 16.0. The summed E-state index contributed by atoms with van der Waals surface area (Å²) in [5, 5.41) is 0. The van der Waals surface area contributed by atoms with E-state index in [0.29, 0.717) is 18.9 Å². The number of hydrogen-bond donors (Lipinski definition) is 0. The third kappa shape index (κ3) is 12.4. The number of imide groups is 1. The van der Waals surface area contributed by atoms with Gasteiger partial charge in [0, 0.05) is 137 Å². The Kier molecular flexibility index (Phi) is 18.0. The number of carbonyl (C=O) groups excluding carboxylic acids is 4. The largest absolute Gasteiger partial charge is 0.357 e. The second-order valence-electron chi connectivity index (χ2n) is 16.0. The average Bonchev–Trinajstić information content (AvgIpc) is 3.96. The topological polar surface area (TPSA) is 144 Å². The van der Waals surface area contributed by atoms with Crippen molar-refractivity contribution in [3.8, 4) is 0 Å². The van der Waals surface area contributed by atoms with Gasteiger partial charge < -0.3 is 24.5 Å². The molecule has 8 rings (SSSR count). The Labute approximate surface area is 364 Å². The summed E-state index contributed by atoms with van der Waals surface area (Å²) in [5.74, 6) is 6.50. The number of allylic oxidation sites excluding steroid dienone is 3. The van der Waals surface area contributed by atoms with Gasteiger partial charge in [0.1, 0.15) is 35.0 Å². The van der Waals surface area contributed by atoms with Crippen molar-refractivity contribution in [2.75, 3.05) is 83.1 Å². The van der Waals surface area contributed by atoms with Gasteiger partial charge in [-0.25, -0.2) is 0 Å². The molecule has 8 heterocycles. The highest BCUT2D eigenvalue weighted by Gasteiger charge is 2.31. The van der Waals surface area contributed by atoms with Crippen molar-refractivity contribution in [1.29, 1.82) is 0 Å². The van der Waals surface area contributed by atoms with Gasteiger partial charge in [0.25, 0.3) is 11.8 Å². The third-order valence-electron chi connectivity index (χ3n) is 12.0. The number of aliphatic imine (C=N–C) groups is 4. The summed E-state index contributed by atoms with van der Waals surface area (Å²) in [4.78, 5) is 75.8. The van der Waals surface area contributed by atoms with Gasteiger partial charge in [-0.2, -0.15) is 0 Å². The van der Waals surface area contributed by atoms with Crippen LogP contribution in [0.3, 0.4) is 0 Å². The molecular formula is C45H70N12O4. The van der Waals surface area contributed by atoms with Crippen LogP contribution >= 0.6 is 0 Å². The van der Waals surface area contributed by atoms with Crippen LogP contribution in [0, 0.1) is 5.92 Å². The van der Waals surface area contributed by atoms with Crippen LogP contribution in [-0.2, 0) is 19.2 Å². The number of likely N-dealkylation sites (N-methyl/N-ethyl adjacent to an activating group) is 4. The Morgan fingerprint density at radius 2 is 1.28 bits per heavy atom. The van der Waals surface area contributed by atoms with Crippen LogP contribution in [0.25, 0.3) is 0 Å². The first-order valence-corrected chi connectivity index (χ1v) is 20.8. The predicted octanol–water partition coefficient (Wildman–Crippen LogP) is 4.76. The van der Waals surface area contributed by atoms with E-state index in [0.717, 1.165) is 91.7 Å². The zero-order valence-corrected chi connectivity index (χ0v) is 39.2. The molecule has 0 N–H and O–H groups in total. The van der Waals surface area contributed by atoms with E-state index in [1.807, 2.05) is 53.9 Å². The van der Waals surface area contributed by atoms with Crippen molar-refractivity contribution in [3.05, 3.63) is 71.8 Å². The highest BCUT2D eigenvalue weighted by molar-refractivity contribution is 6.05. The summed E-state index contributed by atoms with van der Waals surface area (Å²) in [6.45, 7) is 20.6. The first-order valence-electron chi connectivity index (χ1n) is 20.8. The van der Waals surface area contributed by atoms with Crippen molar-refractivity contribution >= 4 is 47.0 Å². The lowest BCUT2D eigenvalue weighted by atomic mass is 9.98. The molecule has 0 bridgehead atoms. The van der Waals surface area contributed by atoms with E-state index in [4.69, 9.17) is 0 Å². The lowest BCUT2D eigenvalue weighted by Crippen LogP contribution is -2.45. The van der Waals surface area contributed by atoms with Crippen LogP contribution in [0.5, 0.6) is 0 Å². The maximum Gasteiger partial charge on any atom is 0.253 e. The number of piperidine rings is 1. The second kappa shape index (κ2) is 22.2. The Hall–Kier alpha value is -5.80. The van der Waals surface area contributed by atoms with E-state index in [-0.39, 0.29) is 29.5 Å². The van der Waals surface area contributed by atoms with Crippen LogP contribution < -0.4 is 0 Å². The molecule has 0 aromatic carbocycles. The average molecular weight is 843 g/mol. The highest BCUT2D eigenvalue weighted by atomic mass is 16.2. The normalized spacial score (nSPS) is 23.9. The molecule has 3 fully saturated rings. The van der Waals surface area contributed by atoms with Gasteiger partial charge in [0.2, 0.25) is 11.8 Å². The number of nitrogens with zero attached hydrogens (tertiary/aromatic N) is 12. The molecule has 8 aliphatic rings. The van der Waals surface area contributed by atoms with Crippen molar-refractivity contribution in [2.45, 2.75) is 79.2 Å². The lowest BCUT2D eigenvalue weighted by Gasteiger charge is -2.41. The minimum Gasteiger partial charge on any atom is -0.357 e. The Bertz CT molecular complexity index is 1910. The zero-order valence-electron chi connectivity index (χ0n) is 39.2. The number of hydrogen-bond acceptors (Lipinski definition) is 10. The molecule has 16 nitrogen and oxygen atoms in total. The van der Waals surface area contributed by atoms with E-state index < -0.39 is 0 Å². The molecule has 0 aliphatic carbocycles. The number of amides is 4. The van der Waals surface area contributed by atoms with E-state index >= 15 is 0 Å². The number of amidine groups is 4. The van der Waals surface area contributed by atoms with E-state index in [2.05, 4.69) is 85.8 Å². The standard InChI is InChI=1S/C9H12N2O.C8H10N2O.C8H14N2.C7H12N2.C7H11NO2.C6H11N3/c1-7-10(2)9(12)6-8-4-3-5-11(7)8;1-6-5-8(11)9(2)7-3-4-10(6)7;1-6-5-8(9-3)10(4)7(6)2;1-6-4-5-7(8-2)9(6)3;1-5-3-6(9)8(2)7(10)4-5;1-5-8-4-6(7-2)9(5)3/h6H,1,3-5H2,2H3;3,5H,4H2,1-2H3;7H,1,5H2,2-4H3;4H,5H2,1-3H3;5H,3-4H2,1-2H3;4H2,1-3H3. The molecule has 334 valence electrons. The SMILES string of the molecule is C=C1CC(=NC)N(C)C1C.C=C1N(C)C(=O)C=C2CCCN12.CC1=CC(=O)N(C)C2=CCN12.CC1CC(=O)N(C)C(=O)C1.CN=C1CC=C(C)N1C.CN=C1CN=C(C)N1C. The fourth-order valence-electron chi connectivity index (χ4n) is 7.12. The molecule has 0 saturated carbocycles. The summed E-state index contributed by atoms with van der Waals surface area (Å²) in [5.41, 5.74) is 4.74. The fourth-order valence-corrected chi connectivity index (χ4v) is 7.12. The number of rotatable bonds is 0. The summed E-state index contributed by atoms with van der Waals surface area (Å²) in [6, 6.07) is 0.471. The first-order chi connectivity index (χ1) is 28.7. The van der Waals surface area contributed by atoms with Crippen LogP contribution in [0.2, 0.25) is 0 Å². The Balaban J connectivity index is 0.000000196. The predicted molar refractivity (Wildman–Crippen MR) is 246 cm³/mol. The smallest absolute Gasteiger partial charge is 0.253 e. The van der Waals surface area contributed by atoms with Crippen LogP contribution in [0.4, 0.5) is 0 Å². The van der Waals surface area contributed by atoms with Crippen molar-refractivity contribution in [3.63, 3.8) is 0 Å². The molecule has 0 radical (unpaired) electrons. The lowest BCUT2D eigenvalue weighted by molar-refractivity contribution is -0.147. The Morgan fingerprint density at radius 3 is 1.69 bits per heavy atom. The fraction of sp³-hybridized carbons (Fsp3) is 0.556. The summed E-state index contributed by atoms with van der Waals surface area (Å²) in [6.07, 6.45) is 12.7. The number of fused-ring (bicyclic) bond motifs is 2. The van der Waals surface area contributed by atoms with Gasteiger partial charge in [-0.3, -0.25) is 53.8 Å². The monoisotopic (exact) mass is 843 g/mol. The van der Waals surface area contributed by atoms with Crippen molar-refractivity contribution in [2.24, 2.45) is 25.9 Å². The molecule has 1 atom stereocenters. The first kappa shape index (κ1) is 49.6. The Morgan fingerprint density at radius 1 is 0.689 bits per heavy atom. The molecule has 0 spiro atoms. The van der Waals surface area contributed by atoms with Gasteiger partial charge in [0.15, 0.2) is 0 Å². The molecule has 8 aliphatic heterocycles. The van der Waals surface area contributed by atoms with Gasteiger partial charge in [0.05, 0.1) is 6.54 Å². The van der Waals surface area contributed by atoms with Crippen LogP contribution in [-0.4, -0.2) is 175 Å². The molecule has 16 heteroatoms. The van der Waals surface area contributed by atoms with Crippen molar-refractivity contribution < 1.29 is 19.2 Å². The van der Waals surface area contributed by atoms with Gasteiger partial charge in [-0.15, -0.1) is 0 Å². The van der Waals surface area contributed by atoms with E-state index in [1.54, 1.807) is 43.1 Å². The minimum atomic E-state index is -0.0521. The molecule has 1 unspecified atom stereocenters. The molecular weight excluding hydrogens is 773 g/mol. The summed E-state index contributed by atoms with van der Waals surface area (Å²) in [7, 11) is 16.6. The molecule has 0 aromatic heterocycles. The number of carbonyl (C=O) groups is 4. The summed E-state index contributed by atoms with van der Waals surface area (Å²) >= 11 is 0. The van der Waals surface area contributed by atoms with Crippen LogP contribution in [0.15, 0.2) is 91.7 Å². The third-order valence-corrected chi connectivity index (χ3v) is 12.0. The maximum absolute atomic E-state index is 11.3. The van der Waals surface area contributed by atoms with Crippen molar-refractivity contribution in [1.82, 2.24) is 39.2 Å². The molecule has 3 saturated heterocycles. The van der Waals surface area contributed by atoms with Gasteiger partial charge >= 0.3 is 0 Å².